The van der Waals surface area contributed by atoms with Gasteiger partial charge in [0.1, 0.15) is 12.4 Å². The predicted molar refractivity (Wildman–Crippen MR) is 88.9 cm³/mol. The third-order valence-corrected chi connectivity index (χ3v) is 3.66. The number of benzene rings is 1. The SMILES string of the molecule is CC1CN(CCOc2ccc(CC(N)=S)cc2)CCCO1. The molecule has 0 aromatic heterocycles. The molecule has 1 saturated heterocycles. The maximum atomic E-state index is 5.80. The molecule has 2 rings (SSSR count). The highest BCUT2D eigenvalue weighted by Gasteiger charge is 2.14. The largest absolute Gasteiger partial charge is 0.492 e. The quantitative estimate of drug-likeness (QED) is 0.815. The van der Waals surface area contributed by atoms with Gasteiger partial charge in [-0.2, -0.15) is 0 Å². The van der Waals surface area contributed by atoms with E-state index in [0.29, 0.717) is 24.1 Å². The van der Waals surface area contributed by atoms with E-state index in [4.69, 9.17) is 27.4 Å². The molecule has 1 aliphatic heterocycles. The summed E-state index contributed by atoms with van der Waals surface area (Å²) in [7, 11) is 0. The van der Waals surface area contributed by atoms with Gasteiger partial charge in [0.15, 0.2) is 0 Å². The Bertz CT molecular complexity index is 450. The standard InChI is InChI=1S/C16H24N2O2S/c1-13-12-18(7-2-9-19-13)8-10-20-15-5-3-14(4-6-15)11-16(17)21/h3-6,13H,2,7-12H2,1H3,(H2,17,21). The van der Waals surface area contributed by atoms with Gasteiger partial charge in [0.05, 0.1) is 11.1 Å². The van der Waals surface area contributed by atoms with E-state index in [-0.39, 0.29) is 0 Å². The number of thiocarbonyl (C=S) groups is 1. The van der Waals surface area contributed by atoms with Gasteiger partial charge in [-0.05, 0) is 31.0 Å². The van der Waals surface area contributed by atoms with Gasteiger partial charge in [0.25, 0.3) is 0 Å². The van der Waals surface area contributed by atoms with Crippen molar-refractivity contribution in [1.82, 2.24) is 4.90 Å². The van der Waals surface area contributed by atoms with Crippen LogP contribution in [0, 0.1) is 0 Å². The molecule has 21 heavy (non-hydrogen) atoms. The smallest absolute Gasteiger partial charge is 0.119 e. The maximum Gasteiger partial charge on any atom is 0.119 e. The second kappa shape index (κ2) is 8.32. The van der Waals surface area contributed by atoms with Crippen LogP contribution in [0.15, 0.2) is 24.3 Å². The molecule has 1 heterocycles. The second-order valence-electron chi connectivity index (χ2n) is 5.47. The summed E-state index contributed by atoms with van der Waals surface area (Å²) in [5.41, 5.74) is 6.65. The fourth-order valence-electron chi connectivity index (χ4n) is 2.48. The molecule has 1 atom stereocenters. The van der Waals surface area contributed by atoms with Gasteiger partial charge in [-0.15, -0.1) is 0 Å². The molecule has 0 saturated carbocycles. The number of ether oxygens (including phenoxy) is 2. The van der Waals surface area contributed by atoms with Gasteiger partial charge in [0.2, 0.25) is 0 Å². The zero-order valence-corrected chi connectivity index (χ0v) is 13.4. The maximum absolute atomic E-state index is 5.80. The zero-order chi connectivity index (χ0) is 15.1. The topological polar surface area (TPSA) is 47.7 Å². The normalized spacial score (nSPS) is 20.0. The van der Waals surface area contributed by atoms with E-state index in [1.807, 2.05) is 24.3 Å². The summed E-state index contributed by atoms with van der Waals surface area (Å²) in [6.45, 7) is 6.68. The molecular weight excluding hydrogens is 284 g/mol. The summed E-state index contributed by atoms with van der Waals surface area (Å²) < 4.78 is 11.4. The van der Waals surface area contributed by atoms with Crippen LogP contribution in [0.5, 0.6) is 5.75 Å². The van der Waals surface area contributed by atoms with Crippen LogP contribution in [-0.4, -0.2) is 48.8 Å². The van der Waals surface area contributed by atoms with Crippen molar-refractivity contribution >= 4 is 17.2 Å². The summed E-state index contributed by atoms with van der Waals surface area (Å²) >= 11 is 4.90. The van der Waals surface area contributed by atoms with Crippen LogP contribution in [0.25, 0.3) is 0 Å². The molecule has 1 aromatic rings. The van der Waals surface area contributed by atoms with Crippen molar-refractivity contribution in [3.05, 3.63) is 29.8 Å². The minimum absolute atomic E-state index is 0.312. The number of nitrogens with zero attached hydrogens (tertiary/aromatic N) is 1. The lowest BCUT2D eigenvalue weighted by Crippen LogP contribution is -2.33. The average molecular weight is 308 g/mol. The van der Waals surface area contributed by atoms with Crippen molar-refractivity contribution < 1.29 is 9.47 Å². The highest BCUT2D eigenvalue weighted by Crippen LogP contribution is 2.13. The summed E-state index contributed by atoms with van der Waals surface area (Å²) in [6, 6.07) is 7.97. The van der Waals surface area contributed by atoms with E-state index >= 15 is 0 Å². The lowest BCUT2D eigenvalue weighted by Gasteiger charge is -2.21. The molecule has 0 spiro atoms. The third kappa shape index (κ3) is 5.99. The van der Waals surface area contributed by atoms with Crippen molar-refractivity contribution in [2.24, 2.45) is 5.73 Å². The second-order valence-corrected chi connectivity index (χ2v) is 6.00. The Morgan fingerprint density at radius 3 is 2.90 bits per heavy atom. The fourth-order valence-corrected chi connectivity index (χ4v) is 2.65. The summed E-state index contributed by atoms with van der Waals surface area (Å²) in [6.07, 6.45) is 2.05. The van der Waals surface area contributed by atoms with Gasteiger partial charge in [-0.3, -0.25) is 4.90 Å². The molecule has 0 radical (unpaired) electrons. The number of hydrogen-bond acceptors (Lipinski definition) is 4. The van der Waals surface area contributed by atoms with Crippen LogP contribution in [0.2, 0.25) is 0 Å². The van der Waals surface area contributed by atoms with Crippen molar-refractivity contribution in [3.63, 3.8) is 0 Å². The Kier molecular flexibility index (Phi) is 6.42. The minimum atomic E-state index is 0.312. The first kappa shape index (κ1) is 16.2. The molecular formula is C16H24N2O2S. The Morgan fingerprint density at radius 1 is 1.43 bits per heavy atom. The lowest BCUT2D eigenvalue weighted by atomic mass is 10.1. The molecule has 1 aliphatic rings. The van der Waals surface area contributed by atoms with Crippen LogP contribution in [0.4, 0.5) is 0 Å². The molecule has 0 aliphatic carbocycles. The highest BCUT2D eigenvalue weighted by molar-refractivity contribution is 7.80. The molecule has 0 bridgehead atoms. The van der Waals surface area contributed by atoms with E-state index in [1.54, 1.807) is 0 Å². The number of hydrogen-bond donors (Lipinski definition) is 1. The van der Waals surface area contributed by atoms with Gasteiger partial charge < -0.3 is 15.2 Å². The Labute approximate surface area is 132 Å². The molecule has 1 unspecified atom stereocenters. The Hall–Kier alpha value is -1.17. The molecule has 0 amide bonds. The summed E-state index contributed by atoms with van der Waals surface area (Å²) in [4.78, 5) is 2.92. The molecule has 5 heteroatoms. The van der Waals surface area contributed by atoms with Crippen molar-refractivity contribution in [2.75, 3.05) is 32.8 Å². The summed E-state index contributed by atoms with van der Waals surface area (Å²) in [5, 5.41) is 0. The van der Waals surface area contributed by atoms with Crippen LogP contribution in [0.1, 0.15) is 18.9 Å². The van der Waals surface area contributed by atoms with Gasteiger partial charge in [-0.25, -0.2) is 0 Å². The van der Waals surface area contributed by atoms with E-state index in [1.165, 1.54) is 0 Å². The molecule has 1 fully saturated rings. The lowest BCUT2D eigenvalue weighted by molar-refractivity contribution is 0.0658. The minimum Gasteiger partial charge on any atom is -0.492 e. The fraction of sp³-hybridized carbons (Fsp3) is 0.562. The Morgan fingerprint density at radius 2 is 2.19 bits per heavy atom. The van der Waals surface area contributed by atoms with Crippen LogP contribution in [-0.2, 0) is 11.2 Å². The number of nitrogens with two attached hydrogens (primary N) is 1. The first-order valence-electron chi connectivity index (χ1n) is 7.47. The average Bonchev–Trinajstić information content (AvgIpc) is 2.64. The van der Waals surface area contributed by atoms with Crippen molar-refractivity contribution in [1.29, 1.82) is 0 Å². The van der Waals surface area contributed by atoms with Crippen LogP contribution < -0.4 is 10.5 Å². The van der Waals surface area contributed by atoms with Gasteiger partial charge in [0, 0.05) is 32.7 Å². The summed E-state index contributed by atoms with van der Waals surface area (Å²) in [5.74, 6) is 0.890. The monoisotopic (exact) mass is 308 g/mol. The molecule has 1 aromatic carbocycles. The third-order valence-electron chi connectivity index (χ3n) is 3.51. The van der Waals surface area contributed by atoms with Gasteiger partial charge in [-0.1, -0.05) is 24.4 Å². The van der Waals surface area contributed by atoms with E-state index in [0.717, 1.165) is 44.0 Å². The van der Waals surface area contributed by atoms with E-state index < -0.39 is 0 Å². The van der Waals surface area contributed by atoms with Crippen molar-refractivity contribution in [3.8, 4) is 5.75 Å². The van der Waals surface area contributed by atoms with Gasteiger partial charge >= 0.3 is 0 Å². The van der Waals surface area contributed by atoms with Crippen LogP contribution in [0.3, 0.4) is 0 Å². The van der Waals surface area contributed by atoms with Crippen LogP contribution >= 0.6 is 12.2 Å². The first-order chi connectivity index (χ1) is 10.1. The predicted octanol–water partition coefficient (Wildman–Crippen LogP) is 2.00. The zero-order valence-electron chi connectivity index (χ0n) is 12.6. The molecule has 4 nitrogen and oxygen atoms in total. The Balaban J connectivity index is 1.73. The molecule has 116 valence electrons. The number of rotatable bonds is 6. The highest BCUT2D eigenvalue weighted by atomic mass is 32.1. The molecule has 2 N–H and O–H groups in total. The van der Waals surface area contributed by atoms with E-state index in [9.17, 15) is 0 Å². The van der Waals surface area contributed by atoms with E-state index in [2.05, 4.69) is 11.8 Å². The first-order valence-corrected chi connectivity index (χ1v) is 7.88. The van der Waals surface area contributed by atoms with Crippen molar-refractivity contribution in [2.45, 2.75) is 25.9 Å².